The molecule has 1 heterocycles. The number of carbonyl (C=O) groups is 4. The third-order valence-corrected chi connectivity index (χ3v) is 3.77. The fraction of sp³-hybridized carbons (Fsp3) is 0.412. The molecule has 0 aromatic heterocycles. The van der Waals surface area contributed by atoms with Crippen LogP contribution in [0.25, 0.3) is 0 Å². The maximum absolute atomic E-state index is 12.3. The molecule has 1 aromatic rings. The molecule has 1 saturated heterocycles. The molecule has 1 aliphatic heterocycles. The van der Waals surface area contributed by atoms with Crippen molar-refractivity contribution in [2.24, 2.45) is 0 Å². The van der Waals surface area contributed by atoms with E-state index in [0.717, 1.165) is 5.56 Å². The summed E-state index contributed by atoms with van der Waals surface area (Å²) < 4.78 is 9.97. The highest BCUT2D eigenvalue weighted by Crippen LogP contribution is 2.23. The van der Waals surface area contributed by atoms with Crippen LogP contribution in [0.5, 0.6) is 0 Å². The maximum atomic E-state index is 12.3. The van der Waals surface area contributed by atoms with Crippen molar-refractivity contribution in [2.75, 3.05) is 6.61 Å². The van der Waals surface area contributed by atoms with Gasteiger partial charge in [-0.3, -0.25) is 19.7 Å². The number of ether oxygens (including phenoxy) is 2. The molecule has 0 bridgehead atoms. The summed E-state index contributed by atoms with van der Waals surface area (Å²) in [6.45, 7) is 1.80. The summed E-state index contributed by atoms with van der Waals surface area (Å²) in [6.07, 6.45) is -1.22. The Hall–Kier alpha value is -2.90. The first kappa shape index (κ1) is 18.4. The van der Waals surface area contributed by atoms with Gasteiger partial charge >= 0.3 is 12.1 Å². The van der Waals surface area contributed by atoms with Crippen LogP contribution >= 0.6 is 0 Å². The molecule has 134 valence electrons. The fourth-order valence-corrected chi connectivity index (χ4v) is 2.49. The van der Waals surface area contributed by atoms with Gasteiger partial charge in [0, 0.05) is 6.42 Å². The number of hydrogen-bond donors (Lipinski definition) is 2. The van der Waals surface area contributed by atoms with Gasteiger partial charge in [-0.15, -0.1) is 0 Å². The second-order valence-corrected chi connectivity index (χ2v) is 5.63. The molecule has 0 saturated carbocycles. The van der Waals surface area contributed by atoms with E-state index in [1.807, 2.05) is 6.07 Å². The van der Waals surface area contributed by atoms with Crippen LogP contribution in [0.3, 0.4) is 0 Å². The summed E-state index contributed by atoms with van der Waals surface area (Å²) in [6, 6.07) is 9.01. The number of esters is 1. The van der Waals surface area contributed by atoms with Crippen LogP contribution in [-0.2, 0) is 30.5 Å². The minimum atomic E-state index is -1.56. The lowest BCUT2D eigenvalue weighted by Gasteiger charge is -2.34. The van der Waals surface area contributed by atoms with Crippen LogP contribution in [-0.4, -0.2) is 36.0 Å². The molecule has 8 heteroatoms. The summed E-state index contributed by atoms with van der Waals surface area (Å²) >= 11 is 0. The first-order chi connectivity index (χ1) is 11.9. The van der Waals surface area contributed by atoms with E-state index >= 15 is 0 Å². The molecule has 1 aliphatic rings. The molecule has 25 heavy (non-hydrogen) atoms. The second kappa shape index (κ2) is 8.27. The molecular weight excluding hydrogens is 328 g/mol. The number of rotatable bonds is 6. The van der Waals surface area contributed by atoms with Gasteiger partial charge < -0.3 is 14.8 Å². The topological polar surface area (TPSA) is 111 Å². The van der Waals surface area contributed by atoms with Crippen molar-refractivity contribution in [3.63, 3.8) is 0 Å². The highest BCUT2D eigenvalue weighted by Gasteiger charge is 2.46. The van der Waals surface area contributed by atoms with E-state index in [1.165, 1.54) is 0 Å². The number of benzene rings is 1. The van der Waals surface area contributed by atoms with Crippen molar-refractivity contribution in [1.29, 1.82) is 0 Å². The van der Waals surface area contributed by atoms with Gasteiger partial charge in [-0.1, -0.05) is 30.3 Å². The van der Waals surface area contributed by atoms with Crippen LogP contribution in [0, 0.1) is 0 Å². The quantitative estimate of drug-likeness (QED) is 0.587. The predicted molar refractivity (Wildman–Crippen MR) is 86.1 cm³/mol. The molecule has 3 amide bonds. The van der Waals surface area contributed by atoms with E-state index in [9.17, 15) is 19.2 Å². The molecule has 1 fully saturated rings. The first-order valence-corrected chi connectivity index (χ1v) is 7.94. The van der Waals surface area contributed by atoms with Crippen molar-refractivity contribution in [3.05, 3.63) is 35.9 Å². The zero-order valence-electron chi connectivity index (χ0n) is 13.9. The van der Waals surface area contributed by atoms with Crippen LogP contribution < -0.4 is 10.6 Å². The zero-order valence-corrected chi connectivity index (χ0v) is 13.9. The van der Waals surface area contributed by atoms with Crippen LogP contribution in [0.15, 0.2) is 30.3 Å². The molecule has 0 aliphatic carbocycles. The molecule has 2 N–H and O–H groups in total. The molecule has 8 nitrogen and oxygen atoms in total. The Morgan fingerprint density at radius 2 is 1.92 bits per heavy atom. The Bertz CT molecular complexity index is 660. The van der Waals surface area contributed by atoms with Crippen LogP contribution in [0.2, 0.25) is 0 Å². The maximum Gasteiger partial charge on any atom is 0.408 e. The Balaban J connectivity index is 2.04. The van der Waals surface area contributed by atoms with Crippen LogP contribution in [0.1, 0.15) is 31.7 Å². The number of hydrogen-bond acceptors (Lipinski definition) is 6. The largest absolute Gasteiger partial charge is 0.466 e. The van der Waals surface area contributed by atoms with Crippen molar-refractivity contribution >= 4 is 23.9 Å². The lowest BCUT2D eigenvalue weighted by molar-refractivity contribution is -0.150. The third-order valence-electron chi connectivity index (χ3n) is 3.77. The van der Waals surface area contributed by atoms with E-state index in [0.29, 0.717) is 0 Å². The SMILES string of the molecule is CCOC(=O)C[C@@]1(NC(=O)OCc2ccccc2)CCC(=O)NC1=O. The minimum absolute atomic E-state index is 0.00306. The van der Waals surface area contributed by atoms with Gasteiger partial charge in [0.15, 0.2) is 0 Å². The van der Waals surface area contributed by atoms with Crippen LogP contribution in [0.4, 0.5) is 4.79 Å². The Morgan fingerprint density at radius 3 is 2.56 bits per heavy atom. The predicted octanol–water partition coefficient (Wildman–Crippen LogP) is 1.04. The lowest BCUT2D eigenvalue weighted by Crippen LogP contribution is -2.63. The smallest absolute Gasteiger partial charge is 0.408 e. The highest BCUT2D eigenvalue weighted by molar-refractivity contribution is 6.05. The summed E-state index contributed by atoms with van der Waals surface area (Å²) in [5.74, 6) is -1.84. The average molecular weight is 348 g/mol. The molecule has 0 radical (unpaired) electrons. The Labute approximate surface area is 144 Å². The number of amides is 3. The monoisotopic (exact) mass is 348 g/mol. The van der Waals surface area contributed by atoms with E-state index in [4.69, 9.17) is 9.47 Å². The Morgan fingerprint density at radius 1 is 1.20 bits per heavy atom. The van der Waals surface area contributed by atoms with Crippen molar-refractivity contribution in [3.8, 4) is 0 Å². The van der Waals surface area contributed by atoms with Crippen molar-refractivity contribution in [1.82, 2.24) is 10.6 Å². The molecular formula is C17H20N2O6. The van der Waals surface area contributed by atoms with Gasteiger partial charge in [-0.25, -0.2) is 4.79 Å². The van der Waals surface area contributed by atoms with Gasteiger partial charge in [0.25, 0.3) is 5.91 Å². The van der Waals surface area contributed by atoms with Crippen molar-refractivity contribution < 1.29 is 28.7 Å². The summed E-state index contributed by atoms with van der Waals surface area (Å²) in [5, 5.41) is 4.58. The van der Waals surface area contributed by atoms with Gasteiger partial charge in [-0.05, 0) is 18.9 Å². The number of piperidine rings is 1. The number of alkyl carbamates (subject to hydrolysis) is 1. The molecule has 1 atom stereocenters. The van der Waals surface area contributed by atoms with E-state index in [2.05, 4.69) is 10.6 Å². The summed E-state index contributed by atoms with van der Waals surface area (Å²) in [7, 11) is 0. The normalized spacial score (nSPS) is 19.7. The number of carbonyl (C=O) groups excluding carboxylic acids is 4. The number of nitrogens with one attached hydrogen (secondary N) is 2. The van der Waals surface area contributed by atoms with Gasteiger partial charge in [-0.2, -0.15) is 0 Å². The number of imide groups is 1. The third kappa shape index (κ3) is 5.03. The standard InChI is InChI=1S/C17H20N2O6/c1-2-24-14(21)10-17(9-8-13(20)18-15(17)22)19-16(23)25-11-12-6-4-3-5-7-12/h3-7H,2,8-11H2,1H3,(H,19,23)(H,18,20,22)/t17-/m0/s1. The van der Waals surface area contributed by atoms with E-state index < -0.39 is 29.4 Å². The molecule has 1 aromatic carbocycles. The Kier molecular flexibility index (Phi) is 6.10. The van der Waals surface area contributed by atoms with Gasteiger partial charge in [0.1, 0.15) is 12.1 Å². The van der Waals surface area contributed by atoms with Gasteiger partial charge in [0.05, 0.1) is 13.0 Å². The molecule has 2 rings (SSSR count). The molecule has 0 unspecified atom stereocenters. The fourth-order valence-electron chi connectivity index (χ4n) is 2.49. The average Bonchev–Trinajstić information content (AvgIpc) is 2.58. The summed E-state index contributed by atoms with van der Waals surface area (Å²) in [4.78, 5) is 47.6. The second-order valence-electron chi connectivity index (χ2n) is 5.63. The summed E-state index contributed by atoms with van der Waals surface area (Å²) in [5.41, 5.74) is -0.783. The van der Waals surface area contributed by atoms with E-state index in [-0.39, 0.29) is 32.5 Å². The van der Waals surface area contributed by atoms with E-state index in [1.54, 1.807) is 31.2 Å². The van der Waals surface area contributed by atoms with Gasteiger partial charge in [0.2, 0.25) is 5.91 Å². The first-order valence-electron chi connectivity index (χ1n) is 7.94. The highest BCUT2D eigenvalue weighted by atomic mass is 16.5. The zero-order chi connectivity index (χ0) is 18.3. The molecule has 0 spiro atoms. The lowest BCUT2D eigenvalue weighted by atomic mass is 9.85. The minimum Gasteiger partial charge on any atom is -0.466 e. The van der Waals surface area contributed by atoms with Crippen molar-refractivity contribution in [2.45, 2.75) is 38.3 Å².